The number of aryl methyl sites for hydroxylation is 2. The Kier molecular flexibility index (Phi) is 15.6. The molecule has 2 heterocycles. The van der Waals surface area contributed by atoms with E-state index in [0.29, 0.717) is 46.5 Å². The number of anilines is 4. The number of nitrogens with zero attached hydrogens (tertiary/aromatic N) is 10. The van der Waals surface area contributed by atoms with Gasteiger partial charge in [-0.05, 0) is 179 Å². The summed E-state index contributed by atoms with van der Waals surface area (Å²) in [5, 5.41) is 45.6. The minimum atomic E-state index is -5.01. The molecule has 0 fully saturated rings. The number of hydrogen-bond donors (Lipinski definition) is 6. The van der Waals surface area contributed by atoms with Gasteiger partial charge in [-0.3, -0.25) is 9.11 Å². The van der Waals surface area contributed by atoms with Crippen LogP contribution in [-0.2, 0) is 20.2 Å². The zero-order valence-electron chi connectivity index (χ0n) is 38.8. The molecular weight excluding hydrogens is 1090 g/mol. The van der Waals surface area contributed by atoms with Crippen molar-refractivity contribution in [3.8, 4) is 34.1 Å². The molecule has 0 unspecified atom stereocenters. The summed E-state index contributed by atoms with van der Waals surface area (Å²) in [6.45, 7) is 7.84. The Hall–Kier alpha value is -7.16. The van der Waals surface area contributed by atoms with Crippen LogP contribution in [0.3, 0.4) is 0 Å². The first-order chi connectivity index (χ1) is 35.1. The smallest absolute Gasteiger partial charge is 0.296 e. The Morgan fingerprint density at radius 3 is 1.23 bits per heavy atom. The Labute approximate surface area is 441 Å². The highest BCUT2D eigenvalue weighted by molar-refractivity contribution is 7.86. The van der Waals surface area contributed by atoms with Gasteiger partial charge in [-0.25, -0.2) is 0 Å². The van der Waals surface area contributed by atoms with Crippen molar-refractivity contribution in [3.05, 3.63) is 105 Å². The number of phenols is 2. The molecule has 0 saturated carbocycles. The van der Waals surface area contributed by atoms with E-state index in [1.165, 1.54) is 36.4 Å². The van der Waals surface area contributed by atoms with Crippen LogP contribution < -0.4 is 20.1 Å². The van der Waals surface area contributed by atoms with Crippen LogP contribution in [0, 0.1) is 13.8 Å². The lowest BCUT2D eigenvalue weighted by Crippen LogP contribution is -2.01. The maximum Gasteiger partial charge on any atom is 0.296 e. The molecule has 0 amide bonds. The molecule has 28 heteroatoms. The molecule has 0 aliphatic carbocycles. The van der Waals surface area contributed by atoms with E-state index in [4.69, 9.17) is 55.9 Å². The van der Waals surface area contributed by atoms with Crippen molar-refractivity contribution < 1.29 is 45.6 Å². The first-order valence-electron chi connectivity index (χ1n) is 21.7. The molecule has 0 radical (unpaired) electrons. The monoisotopic (exact) mass is 1120 g/mol. The lowest BCUT2D eigenvalue weighted by molar-refractivity contribution is 0.318. The van der Waals surface area contributed by atoms with Gasteiger partial charge in [0.15, 0.2) is 11.5 Å². The normalized spacial score (nSPS) is 12.1. The van der Waals surface area contributed by atoms with Gasteiger partial charge < -0.3 is 30.3 Å². The summed E-state index contributed by atoms with van der Waals surface area (Å²) < 4.78 is 84.1. The SMILES string of the molecule is CCCOc1cc(-c2cc(OCCC)c(N=Nc3c(S(=O)(=O)O)cc4cc(Nc5nc(Cl)nc(Cl)n5)ccc4c3O)cc2C)c(C)cc1N=Nc1c(S(=O)(=O)O)cc2cc(Nc3nc(Cl)nc(Cl)n3)ccc2c1O. The van der Waals surface area contributed by atoms with E-state index < -0.39 is 52.9 Å². The third-order valence-corrected chi connectivity index (χ3v) is 13.1. The number of aromatic nitrogens is 6. The molecule has 8 rings (SSSR count). The second kappa shape index (κ2) is 21.7. The molecule has 0 atom stereocenters. The van der Waals surface area contributed by atoms with E-state index >= 15 is 0 Å². The number of fused-ring (bicyclic) bond motifs is 2. The highest BCUT2D eigenvalue weighted by Crippen LogP contribution is 2.47. The van der Waals surface area contributed by atoms with Crippen molar-refractivity contribution in [2.45, 2.75) is 50.3 Å². The lowest BCUT2D eigenvalue weighted by atomic mass is 9.95. The van der Waals surface area contributed by atoms with E-state index in [1.54, 1.807) is 38.1 Å². The van der Waals surface area contributed by atoms with E-state index in [2.05, 4.69) is 61.0 Å². The van der Waals surface area contributed by atoms with Crippen LogP contribution in [0.2, 0.25) is 21.1 Å². The number of hydrogen-bond acceptors (Lipinski definition) is 20. The highest BCUT2D eigenvalue weighted by atomic mass is 35.5. The molecule has 382 valence electrons. The van der Waals surface area contributed by atoms with Crippen LogP contribution >= 0.6 is 46.4 Å². The summed E-state index contributed by atoms with van der Waals surface area (Å²) >= 11 is 23.6. The first-order valence-corrected chi connectivity index (χ1v) is 26.1. The molecule has 0 spiro atoms. The Balaban J connectivity index is 1.15. The van der Waals surface area contributed by atoms with E-state index in [-0.39, 0.29) is 90.7 Å². The quantitative estimate of drug-likeness (QED) is 0.0364. The predicted octanol–water partition coefficient (Wildman–Crippen LogP) is 13.1. The standard InChI is InChI=1S/C46H38Cl4N12O10S2/c1-5-11-71-33-19-29(21(3)13-31(33)59-61-37-35(73(65,66)67)17-23-15-25(7-9-27(23)39(37)63)51-45-55-41(47)53-42(48)56-45)30-20-34(72-12-6-2)32(14-22(30)4)60-62-38-36(74(68,69)70)18-24-16-26(8-10-28(24)40(38)64)52-46-57-43(49)54-44(50)58-46/h7-10,13-20,63-64H,5-6,11-12H2,1-4H3,(H,65,66,67)(H,68,69,70)(H,51,53,55,56)(H,52,54,57,58). The number of azo groups is 2. The summed E-state index contributed by atoms with van der Waals surface area (Å²) in [4.78, 5) is 21.7. The predicted molar refractivity (Wildman–Crippen MR) is 278 cm³/mol. The Morgan fingerprint density at radius 1 is 0.527 bits per heavy atom. The largest absolute Gasteiger partial charge is 0.505 e. The van der Waals surface area contributed by atoms with Crippen molar-refractivity contribution in [1.82, 2.24) is 29.9 Å². The van der Waals surface area contributed by atoms with Crippen LogP contribution in [-0.4, -0.2) is 79.3 Å². The molecule has 2 aromatic heterocycles. The number of rotatable bonds is 17. The topological polar surface area (TPSA) is 318 Å². The van der Waals surface area contributed by atoms with Gasteiger partial charge in [0.25, 0.3) is 20.2 Å². The van der Waals surface area contributed by atoms with Crippen LogP contribution in [0.4, 0.5) is 46.0 Å². The van der Waals surface area contributed by atoms with E-state index in [9.17, 15) is 36.2 Å². The van der Waals surface area contributed by atoms with Gasteiger partial charge in [-0.15, -0.1) is 20.5 Å². The average Bonchev–Trinajstić information content (AvgIpc) is 3.31. The fourth-order valence-electron chi connectivity index (χ4n) is 7.41. The molecule has 0 bridgehead atoms. The van der Waals surface area contributed by atoms with Crippen molar-refractivity contribution in [3.63, 3.8) is 0 Å². The molecule has 8 aromatic rings. The minimum absolute atomic E-state index is 0.0110. The molecule has 0 aliphatic rings. The summed E-state index contributed by atoms with van der Waals surface area (Å²) in [5.74, 6) is -0.769. The second-order valence-corrected chi connectivity index (χ2v) is 20.1. The molecule has 74 heavy (non-hydrogen) atoms. The van der Waals surface area contributed by atoms with Gasteiger partial charge in [0.1, 0.15) is 44.0 Å². The minimum Gasteiger partial charge on any atom is -0.505 e. The van der Waals surface area contributed by atoms with Crippen LogP contribution in [0.15, 0.2) is 103 Å². The second-order valence-electron chi connectivity index (χ2n) is 16.0. The van der Waals surface area contributed by atoms with E-state index in [0.717, 1.165) is 12.1 Å². The maximum absolute atomic E-state index is 12.8. The van der Waals surface area contributed by atoms with Gasteiger partial charge in [0.2, 0.25) is 33.0 Å². The molecule has 22 nitrogen and oxygen atoms in total. The number of halogens is 4. The van der Waals surface area contributed by atoms with Gasteiger partial charge in [-0.1, -0.05) is 13.8 Å². The van der Waals surface area contributed by atoms with Crippen molar-refractivity contribution in [2.24, 2.45) is 20.5 Å². The van der Waals surface area contributed by atoms with Crippen molar-refractivity contribution >= 4 is 134 Å². The van der Waals surface area contributed by atoms with E-state index in [1.807, 2.05) is 13.8 Å². The first kappa shape index (κ1) is 53.1. The summed E-state index contributed by atoms with van der Waals surface area (Å²) in [6.07, 6.45) is 1.18. The molecule has 6 aromatic carbocycles. The molecule has 6 N–H and O–H groups in total. The molecular formula is C46H38Cl4N12O10S2. The lowest BCUT2D eigenvalue weighted by Gasteiger charge is -2.17. The summed E-state index contributed by atoms with van der Waals surface area (Å²) in [7, 11) is -10.0. The third kappa shape index (κ3) is 11.9. The van der Waals surface area contributed by atoms with Crippen LogP contribution in [0.25, 0.3) is 32.7 Å². The average molecular weight is 1120 g/mol. The zero-order valence-corrected chi connectivity index (χ0v) is 43.5. The van der Waals surface area contributed by atoms with Gasteiger partial charge in [0.05, 0.1) is 13.2 Å². The number of phenolic OH excluding ortho intramolecular Hbond substituents is 2. The maximum atomic E-state index is 12.8. The zero-order chi connectivity index (χ0) is 53.2. The van der Waals surface area contributed by atoms with Gasteiger partial charge >= 0.3 is 0 Å². The summed E-state index contributed by atoms with van der Waals surface area (Å²) in [6, 6.07) is 17.9. The number of benzene rings is 6. The Bertz CT molecular complexity index is 3570. The number of nitrogens with one attached hydrogen (secondary N) is 2. The van der Waals surface area contributed by atoms with Gasteiger partial charge in [-0.2, -0.15) is 46.7 Å². The molecule has 0 saturated heterocycles. The fraction of sp³-hybridized carbons (Fsp3) is 0.174. The van der Waals surface area contributed by atoms with Crippen LogP contribution in [0.5, 0.6) is 23.0 Å². The van der Waals surface area contributed by atoms with Crippen molar-refractivity contribution in [1.29, 1.82) is 0 Å². The fourth-order valence-corrected chi connectivity index (χ4v) is 9.45. The highest BCUT2D eigenvalue weighted by Gasteiger charge is 2.25. The number of aromatic hydroxyl groups is 2. The summed E-state index contributed by atoms with van der Waals surface area (Å²) in [5.41, 5.74) is 2.46. The van der Waals surface area contributed by atoms with Crippen molar-refractivity contribution in [2.75, 3.05) is 23.8 Å². The number of ether oxygens (including phenoxy) is 2. The third-order valence-electron chi connectivity index (χ3n) is 10.7. The van der Waals surface area contributed by atoms with Crippen LogP contribution in [0.1, 0.15) is 37.8 Å². The van der Waals surface area contributed by atoms with Gasteiger partial charge in [0, 0.05) is 22.1 Å². The Morgan fingerprint density at radius 2 is 0.892 bits per heavy atom. The molecule has 0 aliphatic heterocycles.